The highest BCUT2D eigenvalue weighted by Gasteiger charge is 2.38. The van der Waals surface area contributed by atoms with Crippen LogP contribution in [0.3, 0.4) is 0 Å². The van der Waals surface area contributed by atoms with Gasteiger partial charge in [0.1, 0.15) is 0 Å². The van der Waals surface area contributed by atoms with E-state index in [1.165, 1.54) is 6.07 Å². The predicted molar refractivity (Wildman–Crippen MR) is 100 cm³/mol. The SMILES string of the molecule is O=C1CC2(CCN(Cc3cccc(F)c3F)CC2)Nc2ccccc2CN1. The summed E-state index contributed by atoms with van der Waals surface area (Å²) in [7, 11) is 0. The standard InChI is InChI=1S/C21H23F2N3O/c22-17-6-3-5-16(20(17)23)14-26-10-8-21(9-11-26)12-19(27)24-13-15-4-1-2-7-18(15)25-21/h1-7,25H,8-14H2,(H,24,27). The highest BCUT2D eigenvalue weighted by molar-refractivity contribution is 5.79. The molecule has 142 valence electrons. The average molecular weight is 371 g/mol. The number of rotatable bonds is 2. The third-order valence-electron chi connectivity index (χ3n) is 5.63. The molecule has 2 aromatic carbocycles. The first-order valence-electron chi connectivity index (χ1n) is 9.33. The number of likely N-dealkylation sites (tertiary alicyclic amines) is 1. The number of piperidine rings is 1. The lowest BCUT2D eigenvalue weighted by atomic mass is 9.82. The molecule has 0 aliphatic carbocycles. The van der Waals surface area contributed by atoms with Crippen molar-refractivity contribution in [2.75, 3.05) is 18.4 Å². The van der Waals surface area contributed by atoms with Crippen LogP contribution in [0.5, 0.6) is 0 Å². The summed E-state index contributed by atoms with van der Waals surface area (Å²) in [6.45, 7) is 2.35. The Balaban J connectivity index is 1.48. The summed E-state index contributed by atoms with van der Waals surface area (Å²) in [5.74, 6) is -1.53. The number of fused-ring (bicyclic) bond motifs is 1. The quantitative estimate of drug-likeness (QED) is 0.850. The Morgan fingerprint density at radius 2 is 1.81 bits per heavy atom. The number of amides is 1. The van der Waals surface area contributed by atoms with Crippen molar-refractivity contribution in [3.63, 3.8) is 0 Å². The molecule has 2 aliphatic heterocycles. The Morgan fingerprint density at radius 3 is 2.63 bits per heavy atom. The molecule has 4 rings (SSSR count). The van der Waals surface area contributed by atoms with Crippen molar-refractivity contribution in [2.24, 2.45) is 0 Å². The average Bonchev–Trinajstić information content (AvgIpc) is 2.65. The Labute approximate surface area is 157 Å². The maximum Gasteiger partial charge on any atom is 0.222 e. The summed E-state index contributed by atoms with van der Waals surface area (Å²) >= 11 is 0. The van der Waals surface area contributed by atoms with Gasteiger partial charge in [-0.05, 0) is 30.5 Å². The molecular weight excluding hydrogens is 348 g/mol. The zero-order chi connectivity index (χ0) is 18.9. The third kappa shape index (κ3) is 3.81. The van der Waals surface area contributed by atoms with Crippen molar-refractivity contribution in [1.29, 1.82) is 0 Å². The van der Waals surface area contributed by atoms with E-state index >= 15 is 0 Å². The van der Waals surface area contributed by atoms with Crippen molar-refractivity contribution in [2.45, 2.75) is 37.9 Å². The minimum Gasteiger partial charge on any atom is -0.379 e. The highest BCUT2D eigenvalue weighted by atomic mass is 19.2. The van der Waals surface area contributed by atoms with Crippen LogP contribution >= 0.6 is 0 Å². The van der Waals surface area contributed by atoms with E-state index in [1.807, 2.05) is 24.3 Å². The second-order valence-electron chi connectivity index (χ2n) is 7.51. The van der Waals surface area contributed by atoms with E-state index in [9.17, 15) is 13.6 Å². The van der Waals surface area contributed by atoms with Gasteiger partial charge in [-0.1, -0.05) is 30.3 Å². The third-order valence-corrected chi connectivity index (χ3v) is 5.63. The molecule has 1 saturated heterocycles. The molecule has 4 nitrogen and oxygen atoms in total. The number of para-hydroxylation sites is 1. The molecule has 2 aromatic rings. The van der Waals surface area contributed by atoms with Crippen molar-refractivity contribution >= 4 is 11.6 Å². The molecular formula is C21H23F2N3O. The van der Waals surface area contributed by atoms with Gasteiger partial charge in [0.05, 0.1) is 0 Å². The van der Waals surface area contributed by atoms with Crippen LogP contribution in [0.4, 0.5) is 14.5 Å². The van der Waals surface area contributed by atoms with E-state index in [0.717, 1.165) is 43.2 Å². The fraction of sp³-hybridized carbons (Fsp3) is 0.381. The molecule has 2 N–H and O–H groups in total. The number of carbonyl (C=O) groups is 1. The molecule has 0 saturated carbocycles. The first-order valence-corrected chi connectivity index (χ1v) is 9.33. The fourth-order valence-corrected chi connectivity index (χ4v) is 4.04. The molecule has 6 heteroatoms. The zero-order valence-electron chi connectivity index (χ0n) is 15.1. The molecule has 0 atom stereocenters. The van der Waals surface area contributed by atoms with Gasteiger partial charge in [-0.3, -0.25) is 9.69 Å². The topological polar surface area (TPSA) is 44.4 Å². The van der Waals surface area contributed by atoms with E-state index in [0.29, 0.717) is 25.1 Å². The molecule has 0 unspecified atom stereocenters. The first-order chi connectivity index (χ1) is 13.0. The summed E-state index contributed by atoms with van der Waals surface area (Å²) in [6, 6.07) is 12.3. The molecule has 2 aliphatic rings. The number of halogens is 2. The van der Waals surface area contributed by atoms with Gasteiger partial charge >= 0.3 is 0 Å². The Morgan fingerprint density at radius 1 is 1.04 bits per heavy atom. The van der Waals surface area contributed by atoms with Gasteiger partial charge in [-0.25, -0.2) is 8.78 Å². The lowest BCUT2D eigenvalue weighted by Crippen LogP contribution is -2.52. The number of carbonyl (C=O) groups excluding carboxylic acids is 1. The van der Waals surface area contributed by atoms with Gasteiger partial charge in [0.15, 0.2) is 11.6 Å². The summed E-state index contributed by atoms with van der Waals surface area (Å²) in [6.07, 6.45) is 1.96. The Bertz CT molecular complexity index is 847. The molecule has 1 amide bonds. The molecule has 1 fully saturated rings. The van der Waals surface area contributed by atoms with Crippen molar-refractivity contribution in [1.82, 2.24) is 10.2 Å². The number of nitrogens with one attached hydrogen (secondary N) is 2. The number of benzene rings is 2. The largest absolute Gasteiger partial charge is 0.379 e. The molecule has 1 spiro atoms. The second-order valence-corrected chi connectivity index (χ2v) is 7.51. The molecule has 0 radical (unpaired) electrons. The smallest absolute Gasteiger partial charge is 0.222 e. The van der Waals surface area contributed by atoms with Crippen LogP contribution in [0.15, 0.2) is 42.5 Å². The van der Waals surface area contributed by atoms with E-state index in [2.05, 4.69) is 15.5 Å². The van der Waals surface area contributed by atoms with Gasteiger partial charge in [-0.15, -0.1) is 0 Å². The van der Waals surface area contributed by atoms with Gasteiger partial charge in [0.2, 0.25) is 5.91 Å². The fourth-order valence-electron chi connectivity index (χ4n) is 4.04. The molecule has 2 heterocycles. The van der Waals surface area contributed by atoms with E-state index in [-0.39, 0.29) is 11.4 Å². The number of nitrogens with zero attached hydrogens (tertiary/aromatic N) is 1. The van der Waals surface area contributed by atoms with Crippen LogP contribution in [-0.2, 0) is 17.9 Å². The van der Waals surface area contributed by atoms with Crippen molar-refractivity contribution in [3.8, 4) is 0 Å². The Hall–Kier alpha value is -2.47. The summed E-state index contributed by atoms with van der Waals surface area (Å²) in [5.41, 5.74) is 2.20. The van der Waals surface area contributed by atoms with Crippen LogP contribution in [0.2, 0.25) is 0 Å². The second kappa shape index (κ2) is 7.27. The maximum atomic E-state index is 14.0. The van der Waals surface area contributed by atoms with Crippen LogP contribution in [0.25, 0.3) is 0 Å². The van der Waals surface area contributed by atoms with Crippen LogP contribution in [-0.4, -0.2) is 29.4 Å². The highest BCUT2D eigenvalue weighted by Crippen LogP contribution is 2.33. The van der Waals surface area contributed by atoms with Gasteiger partial charge in [0.25, 0.3) is 0 Å². The minimum absolute atomic E-state index is 0.0432. The monoisotopic (exact) mass is 371 g/mol. The van der Waals surface area contributed by atoms with E-state index in [4.69, 9.17) is 0 Å². The zero-order valence-corrected chi connectivity index (χ0v) is 15.1. The molecule has 0 aromatic heterocycles. The van der Waals surface area contributed by atoms with E-state index < -0.39 is 11.6 Å². The lowest BCUT2D eigenvalue weighted by Gasteiger charge is -2.44. The summed E-state index contributed by atoms with van der Waals surface area (Å²) in [5, 5.41) is 6.62. The Kier molecular flexibility index (Phi) is 4.83. The number of hydrogen-bond donors (Lipinski definition) is 2. The van der Waals surface area contributed by atoms with Gasteiger partial charge < -0.3 is 10.6 Å². The molecule has 0 bridgehead atoms. The first kappa shape index (κ1) is 17.9. The van der Waals surface area contributed by atoms with Crippen LogP contribution in [0.1, 0.15) is 30.4 Å². The summed E-state index contributed by atoms with van der Waals surface area (Å²) < 4.78 is 27.4. The van der Waals surface area contributed by atoms with Crippen LogP contribution in [0, 0.1) is 11.6 Å². The van der Waals surface area contributed by atoms with Gasteiger partial charge in [-0.2, -0.15) is 0 Å². The molecule has 27 heavy (non-hydrogen) atoms. The van der Waals surface area contributed by atoms with Gasteiger partial charge in [0, 0.05) is 49.4 Å². The maximum absolute atomic E-state index is 14.0. The predicted octanol–water partition coefficient (Wildman–Crippen LogP) is 3.43. The lowest BCUT2D eigenvalue weighted by molar-refractivity contribution is -0.122. The van der Waals surface area contributed by atoms with Crippen LogP contribution < -0.4 is 10.6 Å². The number of hydrogen-bond acceptors (Lipinski definition) is 3. The van der Waals surface area contributed by atoms with Crippen molar-refractivity contribution < 1.29 is 13.6 Å². The minimum atomic E-state index is -0.809. The summed E-state index contributed by atoms with van der Waals surface area (Å²) in [4.78, 5) is 14.4. The van der Waals surface area contributed by atoms with Crippen molar-refractivity contribution in [3.05, 3.63) is 65.2 Å². The van der Waals surface area contributed by atoms with E-state index in [1.54, 1.807) is 6.07 Å². The number of anilines is 1. The normalized spacial score (nSPS) is 19.6.